The van der Waals surface area contributed by atoms with E-state index in [0.717, 1.165) is 24.3 Å². The van der Waals surface area contributed by atoms with Crippen molar-refractivity contribution in [3.05, 3.63) is 59.2 Å². The third-order valence-electron chi connectivity index (χ3n) is 2.76. The molecule has 0 unspecified atom stereocenters. The third-order valence-corrected chi connectivity index (χ3v) is 2.76. The molecule has 2 aromatic rings. The molecule has 0 saturated carbocycles. The minimum atomic E-state index is -1.41. The second-order valence-electron chi connectivity index (χ2n) is 4.15. The Morgan fingerprint density at radius 3 is 2.48 bits per heavy atom. The summed E-state index contributed by atoms with van der Waals surface area (Å²) >= 11 is 0. The number of halogens is 2. The van der Waals surface area contributed by atoms with E-state index >= 15 is 0 Å². The molecule has 2 aromatic carbocycles. The molecule has 0 atom stereocenters. The summed E-state index contributed by atoms with van der Waals surface area (Å²) in [6.07, 6.45) is 0. The van der Waals surface area contributed by atoms with Gasteiger partial charge in [0, 0.05) is 0 Å². The number of carbonyl (C=O) groups is 2. The van der Waals surface area contributed by atoms with Gasteiger partial charge in [-0.25, -0.2) is 13.6 Å². The zero-order valence-corrected chi connectivity index (χ0v) is 10.6. The van der Waals surface area contributed by atoms with Gasteiger partial charge in [0.1, 0.15) is 11.6 Å². The number of aromatic carboxylic acids is 1. The van der Waals surface area contributed by atoms with Crippen molar-refractivity contribution in [3.63, 3.8) is 0 Å². The maximum Gasteiger partial charge on any atom is 0.337 e. The largest absolute Gasteiger partial charge is 0.478 e. The van der Waals surface area contributed by atoms with Crippen LogP contribution in [0.2, 0.25) is 0 Å². The second kappa shape index (κ2) is 5.58. The molecule has 1 amide bonds. The Kier molecular flexibility index (Phi) is 3.84. The number of rotatable bonds is 3. The van der Waals surface area contributed by atoms with E-state index in [1.165, 1.54) is 12.1 Å². The summed E-state index contributed by atoms with van der Waals surface area (Å²) < 4.78 is 26.3. The SMILES string of the molecule is Nc1c(F)cccc1C(=O)Nc1ccc(F)cc1C(=O)O. The summed E-state index contributed by atoms with van der Waals surface area (Å²) in [5.74, 6) is -3.71. The minimum absolute atomic E-state index is 0.113. The highest BCUT2D eigenvalue weighted by molar-refractivity contribution is 6.10. The maximum absolute atomic E-state index is 13.3. The first kappa shape index (κ1) is 14.4. The first-order valence-electron chi connectivity index (χ1n) is 5.78. The predicted octanol–water partition coefficient (Wildman–Crippen LogP) is 2.50. The molecule has 0 fully saturated rings. The van der Waals surface area contributed by atoms with Crippen LogP contribution in [-0.2, 0) is 0 Å². The summed E-state index contributed by atoms with van der Waals surface area (Å²) in [5, 5.41) is 11.2. The van der Waals surface area contributed by atoms with E-state index in [9.17, 15) is 18.4 Å². The zero-order chi connectivity index (χ0) is 15.6. The number of para-hydroxylation sites is 1. The van der Waals surface area contributed by atoms with Crippen molar-refractivity contribution < 1.29 is 23.5 Å². The lowest BCUT2D eigenvalue weighted by atomic mass is 10.1. The van der Waals surface area contributed by atoms with Crippen LogP contribution in [0.4, 0.5) is 20.2 Å². The normalized spacial score (nSPS) is 10.2. The molecule has 0 aliphatic heterocycles. The highest BCUT2D eigenvalue weighted by atomic mass is 19.1. The quantitative estimate of drug-likeness (QED) is 0.758. The molecule has 0 bridgehead atoms. The van der Waals surface area contributed by atoms with Crippen molar-refractivity contribution in [1.82, 2.24) is 0 Å². The average molecular weight is 292 g/mol. The van der Waals surface area contributed by atoms with E-state index < -0.39 is 29.1 Å². The molecule has 0 aliphatic carbocycles. The fourth-order valence-electron chi connectivity index (χ4n) is 1.73. The fraction of sp³-hybridized carbons (Fsp3) is 0. The van der Waals surface area contributed by atoms with E-state index in [0.29, 0.717) is 0 Å². The Bertz CT molecular complexity index is 732. The summed E-state index contributed by atoms with van der Waals surface area (Å²) in [6, 6.07) is 6.55. The molecule has 5 nitrogen and oxygen atoms in total. The molecule has 0 heterocycles. The molecular weight excluding hydrogens is 282 g/mol. The van der Waals surface area contributed by atoms with Gasteiger partial charge in [0.05, 0.1) is 22.5 Å². The second-order valence-corrected chi connectivity index (χ2v) is 4.15. The number of anilines is 2. The van der Waals surface area contributed by atoms with Crippen LogP contribution >= 0.6 is 0 Å². The molecular formula is C14H10F2N2O3. The summed E-state index contributed by atoms with van der Waals surface area (Å²) in [4.78, 5) is 23.0. The van der Waals surface area contributed by atoms with E-state index in [4.69, 9.17) is 10.8 Å². The first-order chi connectivity index (χ1) is 9.90. The number of hydrogen-bond donors (Lipinski definition) is 3. The summed E-state index contributed by atoms with van der Waals surface area (Å²) in [6.45, 7) is 0. The molecule has 7 heteroatoms. The monoisotopic (exact) mass is 292 g/mol. The van der Waals surface area contributed by atoms with Gasteiger partial charge in [0.15, 0.2) is 0 Å². The highest BCUT2D eigenvalue weighted by Gasteiger charge is 2.17. The number of nitrogen functional groups attached to an aromatic ring is 1. The van der Waals surface area contributed by atoms with E-state index in [1.54, 1.807) is 0 Å². The molecule has 0 saturated heterocycles. The molecule has 2 rings (SSSR count). The number of nitrogens with two attached hydrogens (primary N) is 1. The predicted molar refractivity (Wildman–Crippen MR) is 72.1 cm³/mol. The van der Waals surface area contributed by atoms with Crippen LogP contribution in [0, 0.1) is 11.6 Å². The van der Waals surface area contributed by atoms with Gasteiger partial charge in [0.25, 0.3) is 5.91 Å². The van der Waals surface area contributed by atoms with Gasteiger partial charge in [-0.05, 0) is 30.3 Å². The molecule has 0 aromatic heterocycles. The standard InChI is InChI=1S/C14H10F2N2O3/c15-7-4-5-11(9(6-7)14(20)21)18-13(19)8-2-1-3-10(16)12(8)17/h1-6H,17H2,(H,18,19)(H,20,21). The number of hydrogen-bond acceptors (Lipinski definition) is 3. The van der Waals surface area contributed by atoms with Gasteiger partial charge in [-0.3, -0.25) is 4.79 Å². The number of carboxylic acids is 1. The van der Waals surface area contributed by atoms with Gasteiger partial charge in [0.2, 0.25) is 0 Å². The molecule has 21 heavy (non-hydrogen) atoms. The molecule has 0 spiro atoms. The van der Waals surface area contributed by atoms with Crippen LogP contribution in [-0.4, -0.2) is 17.0 Å². The fourth-order valence-corrected chi connectivity index (χ4v) is 1.73. The topological polar surface area (TPSA) is 92.4 Å². The van der Waals surface area contributed by atoms with Gasteiger partial charge in [-0.2, -0.15) is 0 Å². The van der Waals surface area contributed by atoms with Crippen molar-refractivity contribution in [1.29, 1.82) is 0 Å². The van der Waals surface area contributed by atoms with Crippen molar-refractivity contribution in [3.8, 4) is 0 Å². The number of carbonyl (C=O) groups excluding carboxylic acids is 1. The highest BCUT2D eigenvalue weighted by Crippen LogP contribution is 2.21. The van der Waals surface area contributed by atoms with Gasteiger partial charge in [-0.15, -0.1) is 0 Å². The lowest BCUT2D eigenvalue weighted by molar-refractivity contribution is 0.0697. The minimum Gasteiger partial charge on any atom is -0.478 e. The lowest BCUT2D eigenvalue weighted by Crippen LogP contribution is -2.17. The van der Waals surface area contributed by atoms with Crippen LogP contribution in [0.3, 0.4) is 0 Å². The first-order valence-corrected chi connectivity index (χ1v) is 5.78. The van der Waals surface area contributed by atoms with E-state index in [2.05, 4.69) is 5.32 Å². The zero-order valence-electron chi connectivity index (χ0n) is 10.6. The number of benzene rings is 2. The molecule has 0 aliphatic rings. The Morgan fingerprint density at radius 2 is 1.81 bits per heavy atom. The molecule has 4 N–H and O–H groups in total. The van der Waals surface area contributed by atoms with Gasteiger partial charge < -0.3 is 16.2 Å². The van der Waals surface area contributed by atoms with E-state index in [-0.39, 0.29) is 16.9 Å². The van der Waals surface area contributed by atoms with Gasteiger partial charge in [-0.1, -0.05) is 6.07 Å². The Balaban J connectivity index is 2.36. The summed E-state index contributed by atoms with van der Waals surface area (Å²) in [5.41, 5.74) is 4.42. The number of carboxylic acid groups (broad SMARTS) is 1. The van der Waals surface area contributed by atoms with Crippen LogP contribution < -0.4 is 11.1 Å². The Morgan fingerprint density at radius 1 is 1.10 bits per heavy atom. The smallest absolute Gasteiger partial charge is 0.337 e. The molecule has 0 radical (unpaired) electrons. The molecule has 108 valence electrons. The van der Waals surface area contributed by atoms with Crippen LogP contribution in [0.1, 0.15) is 20.7 Å². The van der Waals surface area contributed by atoms with Crippen LogP contribution in [0.25, 0.3) is 0 Å². The van der Waals surface area contributed by atoms with Crippen molar-refractivity contribution in [2.45, 2.75) is 0 Å². The lowest BCUT2D eigenvalue weighted by Gasteiger charge is -2.10. The third kappa shape index (κ3) is 2.97. The summed E-state index contributed by atoms with van der Waals surface area (Å²) in [7, 11) is 0. The van der Waals surface area contributed by atoms with E-state index in [1.807, 2.05) is 0 Å². The number of nitrogens with one attached hydrogen (secondary N) is 1. The Hall–Kier alpha value is -2.96. The van der Waals surface area contributed by atoms with Crippen molar-refractivity contribution in [2.75, 3.05) is 11.1 Å². The van der Waals surface area contributed by atoms with Crippen LogP contribution in [0.15, 0.2) is 36.4 Å². The maximum atomic E-state index is 13.3. The van der Waals surface area contributed by atoms with Gasteiger partial charge >= 0.3 is 5.97 Å². The number of amides is 1. The van der Waals surface area contributed by atoms with Crippen molar-refractivity contribution in [2.24, 2.45) is 0 Å². The van der Waals surface area contributed by atoms with Crippen LogP contribution in [0.5, 0.6) is 0 Å². The average Bonchev–Trinajstić information content (AvgIpc) is 2.43. The van der Waals surface area contributed by atoms with Crippen molar-refractivity contribution >= 4 is 23.3 Å². The Labute approximate surface area is 118 Å².